The van der Waals surface area contributed by atoms with Crippen LogP contribution in [0.25, 0.3) is 0 Å². The highest BCUT2D eigenvalue weighted by atomic mass is 35.5. The molecule has 0 bridgehead atoms. The SMILES string of the molecule is CSc1nc(Cl)cc(NC2C(C)(C)C2(C)C)n1. The number of aromatic nitrogens is 2. The van der Waals surface area contributed by atoms with Gasteiger partial charge in [-0.25, -0.2) is 9.97 Å². The van der Waals surface area contributed by atoms with Crippen LogP contribution in [0, 0.1) is 10.8 Å². The normalized spacial score (nSPS) is 21.3. The molecule has 3 nitrogen and oxygen atoms in total. The first-order chi connectivity index (χ1) is 7.79. The summed E-state index contributed by atoms with van der Waals surface area (Å²) in [6.45, 7) is 9.07. The summed E-state index contributed by atoms with van der Waals surface area (Å²) in [5.41, 5.74) is 0.563. The van der Waals surface area contributed by atoms with Gasteiger partial charge in [0.25, 0.3) is 0 Å². The molecule has 17 heavy (non-hydrogen) atoms. The Balaban J connectivity index is 2.18. The third kappa shape index (κ3) is 2.13. The second-order valence-corrected chi connectivity index (χ2v) is 6.74. The van der Waals surface area contributed by atoms with E-state index in [1.165, 1.54) is 11.8 Å². The molecule has 1 aromatic rings. The summed E-state index contributed by atoms with van der Waals surface area (Å²) >= 11 is 7.47. The van der Waals surface area contributed by atoms with Gasteiger partial charge in [-0.2, -0.15) is 0 Å². The minimum absolute atomic E-state index is 0.282. The van der Waals surface area contributed by atoms with Crippen LogP contribution in [0.3, 0.4) is 0 Å². The first-order valence-electron chi connectivity index (χ1n) is 5.64. The summed E-state index contributed by atoms with van der Waals surface area (Å²) in [5.74, 6) is 0.818. The van der Waals surface area contributed by atoms with Crippen molar-refractivity contribution in [2.45, 2.75) is 38.9 Å². The number of thioether (sulfide) groups is 1. The van der Waals surface area contributed by atoms with E-state index in [2.05, 4.69) is 43.0 Å². The third-order valence-electron chi connectivity index (χ3n) is 4.17. The highest BCUT2D eigenvalue weighted by molar-refractivity contribution is 7.98. The van der Waals surface area contributed by atoms with Gasteiger partial charge in [0.2, 0.25) is 0 Å². The molecule has 0 spiro atoms. The Labute approximate surface area is 112 Å². The molecule has 1 N–H and O–H groups in total. The van der Waals surface area contributed by atoms with Gasteiger partial charge in [-0.1, -0.05) is 51.1 Å². The quantitative estimate of drug-likeness (QED) is 0.517. The summed E-state index contributed by atoms with van der Waals surface area (Å²) < 4.78 is 0. The maximum Gasteiger partial charge on any atom is 0.190 e. The maximum absolute atomic E-state index is 5.97. The van der Waals surface area contributed by atoms with Crippen LogP contribution in [0.4, 0.5) is 5.82 Å². The van der Waals surface area contributed by atoms with Gasteiger partial charge < -0.3 is 5.32 Å². The van der Waals surface area contributed by atoms with Crippen LogP contribution in [0.1, 0.15) is 27.7 Å². The number of hydrogen-bond donors (Lipinski definition) is 1. The van der Waals surface area contributed by atoms with Gasteiger partial charge in [0.15, 0.2) is 5.16 Å². The Morgan fingerprint density at radius 2 is 1.82 bits per heavy atom. The molecule has 0 unspecified atom stereocenters. The summed E-state index contributed by atoms with van der Waals surface area (Å²) in [6.07, 6.45) is 1.94. The average molecular weight is 272 g/mol. The molecule has 1 aliphatic carbocycles. The Morgan fingerprint density at radius 3 is 2.29 bits per heavy atom. The van der Waals surface area contributed by atoms with Crippen molar-refractivity contribution in [3.63, 3.8) is 0 Å². The minimum Gasteiger partial charge on any atom is -0.366 e. The van der Waals surface area contributed by atoms with Crippen LogP contribution in [-0.4, -0.2) is 22.3 Å². The topological polar surface area (TPSA) is 37.8 Å². The second-order valence-electron chi connectivity index (χ2n) is 5.58. The van der Waals surface area contributed by atoms with Crippen molar-refractivity contribution in [2.75, 3.05) is 11.6 Å². The van der Waals surface area contributed by atoms with E-state index in [0.717, 1.165) is 5.82 Å². The molecule has 94 valence electrons. The molecule has 0 aromatic carbocycles. The van der Waals surface area contributed by atoms with E-state index < -0.39 is 0 Å². The Bertz CT molecular complexity index is 431. The number of nitrogens with zero attached hydrogens (tertiary/aromatic N) is 2. The van der Waals surface area contributed by atoms with Crippen LogP contribution in [-0.2, 0) is 0 Å². The Morgan fingerprint density at radius 1 is 1.24 bits per heavy atom. The molecular formula is C12H18ClN3S. The zero-order valence-corrected chi connectivity index (χ0v) is 12.4. The molecule has 1 aromatic heterocycles. The molecule has 0 aliphatic heterocycles. The van der Waals surface area contributed by atoms with E-state index in [4.69, 9.17) is 11.6 Å². The molecule has 0 amide bonds. The molecule has 1 fully saturated rings. The number of hydrogen-bond acceptors (Lipinski definition) is 4. The van der Waals surface area contributed by atoms with E-state index >= 15 is 0 Å². The zero-order chi connectivity index (χ0) is 12.8. The van der Waals surface area contributed by atoms with Crippen molar-refractivity contribution in [1.29, 1.82) is 0 Å². The van der Waals surface area contributed by atoms with Crippen LogP contribution < -0.4 is 5.32 Å². The Hall–Kier alpha value is -0.480. The predicted molar refractivity (Wildman–Crippen MR) is 73.8 cm³/mol. The van der Waals surface area contributed by atoms with Crippen molar-refractivity contribution in [1.82, 2.24) is 9.97 Å². The number of nitrogens with one attached hydrogen (secondary N) is 1. The molecular weight excluding hydrogens is 254 g/mol. The number of rotatable bonds is 3. The molecule has 0 radical (unpaired) electrons. The first-order valence-corrected chi connectivity index (χ1v) is 7.24. The van der Waals surface area contributed by atoms with Gasteiger partial charge in [0, 0.05) is 12.1 Å². The van der Waals surface area contributed by atoms with Gasteiger partial charge in [-0.15, -0.1) is 0 Å². The van der Waals surface area contributed by atoms with Crippen LogP contribution in [0.15, 0.2) is 11.2 Å². The highest BCUT2D eigenvalue weighted by Crippen LogP contribution is 2.63. The smallest absolute Gasteiger partial charge is 0.190 e. The van der Waals surface area contributed by atoms with Crippen molar-refractivity contribution >= 4 is 29.2 Å². The van der Waals surface area contributed by atoms with Crippen LogP contribution in [0.2, 0.25) is 5.15 Å². The lowest BCUT2D eigenvalue weighted by Crippen LogP contribution is -2.11. The molecule has 2 rings (SSSR count). The van der Waals surface area contributed by atoms with Gasteiger partial charge in [0.1, 0.15) is 11.0 Å². The predicted octanol–water partition coefficient (Wildman–Crippen LogP) is 3.70. The Kier molecular flexibility index (Phi) is 3.07. The molecule has 5 heteroatoms. The van der Waals surface area contributed by atoms with Crippen LogP contribution >= 0.6 is 23.4 Å². The first kappa shape index (κ1) is 13.0. The van der Waals surface area contributed by atoms with E-state index in [9.17, 15) is 0 Å². The fraction of sp³-hybridized carbons (Fsp3) is 0.667. The largest absolute Gasteiger partial charge is 0.366 e. The molecule has 0 atom stereocenters. The van der Waals surface area contributed by atoms with Crippen molar-refractivity contribution < 1.29 is 0 Å². The van der Waals surface area contributed by atoms with Gasteiger partial charge in [-0.3, -0.25) is 0 Å². The van der Waals surface area contributed by atoms with Crippen molar-refractivity contribution in [3.05, 3.63) is 11.2 Å². The summed E-state index contributed by atoms with van der Waals surface area (Å²) in [4.78, 5) is 8.55. The molecule has 1 heterocycles. The standard InChI is InChI=1S/C12H18ClN3S/c1-11(2)9(12(11,3)4)15-8-6-7(13)14-10(16-8)17-5/h6,9H,1-5H3,(H,14,15,16). The second kappa shape index (κ2) is 4.02. The monoisotopic (exact) mass is 271 g/mol. The fourth-order valence-electron chi connectivity index (χ4n) is 2.27. The van der Waals surface area contributed by atoms with E-state index in [-0.39, 0.29) is 10.8 Å². The van der Waals surface area contributed by atoms with Gasteiger partial charge >= 0.3 is 0 Å². The van der Waals surface area contributed by atoms with Gasteiger partial charge in [-0.05, 0) is 17.1 Å². The maximum atomic E-state index is 5.97. The van der Waals surface area contributed by atoms with Crippen LogP contribution in [0.5, 0.6) is 0 Å². The van der Waals surface area contributed by atoms with Gasteiger partial charge in [0.05, 0.1) is 0 Å². The minimum atomic E-state index is 0.282. The lowest BCUT2D eigenvalue weighted by Gasteiger charge is -2.08. The molecule has 0 saturated heterocycles. The lowest BCUT2D eigenvalue weighted by atomic mass is 10.0. The van der Waals surface area contributed by atoms with E-state index in [1.54, 1.807) is 6.07 Å². The molecule has 1 saturated carbocycles. The third-order valence-corrected chi connectivity index (χ3v) is 4.91. The highest BCUT2D eigenvalue weighted by Gasteiger charge is 2.65. The van der Waals surface area contributed by atoms with Crippen molar-refractivity contribution in [3.8, 4) is 0 Å². The summed E-state index contributed by atoms with van der Waals surface area (Å²) in [6, 6.07) is 2.21. The van der Waals surface area contributed by atoms with Crippen molar-refractivity contribution in [2.24, 2.45) is 10.8 Å². The molecule has 1 aliphatic rings. The summed E-state index contributed by atoms with van der Waals surface area (Å²) in [5, 5.41) is 4.66. The zero-order valence-electron chi connectivity index (χ0n) is 10.8. The number of anilines is 1. The summed E-state index contributed by atoms with van der Waals surface area (Å²) in [7, 11) is 0. The lowest BCUT2D eigenvalue weighted by molar-refractivity contribution is 0.457. The fourth-order valence-corrected chi connectivity index (χ4v) is 2.88. The average Bonchev–Trinajstić information content (AvgIpc) is 2.60. The number of halogens is 1. The van der Waals surface area contributed by atoms with E-state index in [0.29, 0.717) is 16.4 Å². The van der Waals surface area contributed by atoms with E-state index in [1.807, 2.05) is 6.26 Å².